The standard InChI is InChI=1S/C15H18O6/c1-12(2)5-6-11(17)19-7(5)8(16)13(3)14(4-18-14)9-10(20-9)15(6,13)21-12/h5-10,16H,4H2,1-3H3/t5-,6+,7+,8+,9+,10-,13-,14+,15-/m0/s1. The third kappa shape index (κ3) is 0.814. The van der Waals surface area contributed by atoms with Gasteiger partial charge in [0.05, 0.1) is 23.5 Å². The van der Waals surface area contributed by atoms with E-state index in [9.17, 15) is 9.90 Å². The van der Waals surface area contributed by atoms with Crippen molar-refractivity contribution in [3.05, 3.63) is 0 Å². The molecule has 2 saturated carbocycles. The Morgan fingerprint density at radius 1 is 1.24 bits per heavy atom. The molecule has 0 radical (unpaired) electrons. The molecule has 4 bridgehead atoms. The lowest BCUT2D eigenvalue weighted by Crippen LogP contribution is -2.67. The SMILES string of the molecule is CC1(C)O[C@@]23[C@H]4O[C@H]4[C@]4(CO4)[C@]2(C)[C@H](O)[C@@H]2OC(=O)[C@H]3[C@@H]21. The average Bonchev–Trinajstić information content (AvgIpc) is 3.26. The lowest BCUT2D eigenvalue weighted by atomic mass is 9.53. The van der Waals surface area contributed by atoms with Crippen LogP contribution >= 0.6 is 0 Å². The van der Waals surface area contributed by atoms with Crippen molar-refractivity contribution in [1.29, 1.82) is 0 Å². The summed E-state index contributed by atoms with van der Waals surface area (Å²) >= 11 is 0. The Bertz CT molecular complexity index is 611. The van der Waals surface area contributed by atoms with Crippen molar-refractivity contribution < 1.29 is 28.8 Å². The van der Waals surface area contributed by atoms with E-state index in [0.717, 1.165) is 0 Å². The fraction of sp³-hybridized carbons (Fsp3) is 0.933. The number of aliphatic hydroxyl groups is 1. The highest BCUT2D eigenvalue weighted by Gasteiger charge is 2.98. The van der Waals surface area contributed by atoms with Gasteiger partial charge < -0.3 is 24.1 Å². The van der Waals surface area contributed by atoms with E-state index >= 15 is 0 Å². The third-order valence-electron chi connectivity index (χ3n) is 7.34. The van der Waals surface area contributed by atoms with Crippen LogP contribution in [0.2, 0.25) is 0 Å². The molecule has 6 fully saturated rings. The van der Waals surface area contributed by atoms with Crippen LogP contribution in [-0.4, -0.2) is 58.9 Å². The highest BCUT2D eigenvalue weighted by Crippen LogP contribution is 2.80. The minimum absolute atomic E-state index is 0.0566. The van der Waals surface area contributed by atoms with Crippen LogP contribution in [-0.2, 0) is 23.7 Å². The minimum Gasteiger partial charge on any atom is -0.459 e. The first-order valence-electron chi connectivity index (χ1n) is 7.69. The number of rotatable bonds is 0. The molecule has 4 saturated heterocycles. The van der Waals surface area contributed by atoms with Crippen LogP contribution in [0.1, 0.15) is 20.8 Å². The van der Waals surface area contributed by atoms with Gasteiger partial charge in [-0.2, -0.15) is 0 Å². The number of carbonyl (C=O) groups excluding carboxylic acids is 1. The largest absolute Gasteiger partial charge is 0.459 e. The number of hydrogen-bond donors (Lipinski definition) is 1. The van der Waals surface area contributed by atoms with Gasteiger partial charge in [0.2, 0.25) is 0 Å². The van der Waals surface area contributed by atoms with Crippen LogP contribution < -0.4 is 0 Å². The van der Waals surface area contributed by atoms with Gasteiger partial charge in [0, 0.05) is 5.92 Å². The number of carbonyl (C=O) groups is 1. The summed E-state index contributed by atoms with van der Waals surface area (Å²) in [7, 11) is 0. The molecule has 2 spiro atoms. The minimum atomic E-state index is -0.814. The monoisotopic (exact) mass is 294 g/mol. The molecule has 9 atom stereocenters. The number of hydrogen-bond acceptors (Lipinski definition) is 6. The van der Waals surface area contributed by atoms with Crippen molar-refractivity contribution in [1.82, 2.24) is 0 Å². The van der Waals surface area contributed by atoms with Crippen molar-refractivity contribution in [2.24, 2.45) is 17.3 Å². The van der Waals surface area contributed by atoms with Gasteiger partial charge in [-0.1, -0.05) is 6.92 Å². The molecule has 6 rings (SSSR count). The Kier molecular flexibility index (Phi) is 1.50. The summed E-state index contributed by atoms with van der Waals surface area (Å²) in [6, 6.07) is 0. The quantitative estimate of drug-likeness (QED) is 0.485. The zero-order chi connectivity index (χ0) is 14.6. The summed E-state index contributed by atoms with van der Waals surface area (Å²) in [5.74, 6) is -0.721. The van der Waals surface area contributed by atoms with E-state index in [1.54, 1.807) is 0 Å². The Labute approximate surface area is 121 Å². The third-order valence-corrected chi connectivity index (χ3v) is 7.34. The van der Waals surface area contributed by atoms with Gasteiger partial charge in [0.25, 0.3) is 0 Å². The smallest absolute Gasteiger partial charge is 0.312 e. The van der Waals surface area contributed by atoms with E-state index in [-0.39, 0.29) is 30.0 Å². The van der Waals surface area contributed by atoms with Crippen molar-refractivity contribution in [3.63, 3.8) is 0 Å². The zero-order valence-corrected chi connectivity index (χ0v) is 12.2. The molecule has 0 aromatic carbocycles. The van der Waals surface area contributed by atoms with Gasteiger partial charge in [0.1, 0.15) is 35.6 Å². The first-order valence-corrected chi connectivity index (χ1v) is 7.69. The van der Waals surface area contributed by atoms with Crippen molar-refractivity contribution in [3.8, 4) is 0 Å². The van der Waals surface area contributed by atoms with Crippen molar-refractivity contribution in [2.45, 2.75) is 62.0 Å². The van der Waals surface area contributed by atoms with E-state index in [4.69, 9.17) is 18.9 Å². The lowest BCUT2D eigenvalue weighted by Gasteiger charge is -2.50. The summed E-state index contributed by atoms with van der Waals surface area (Å²) < 4.78 is 23.8. The van der Waals surface area contributed by atoms with E-state index in [0.29, 0.717) is 6.61 Å². The number of aliphatic hydroxyl groups excluding tert-OH is 1. The van der Waals surface area contributed by atoms with Gasteiger partial charge in [0.15, 0.2) is 0 Å². The summed E-state index contributed by atoms with van der Waals surface area (Å²) in [6.07, 6.45) is -1.50. The molecule has 0 unspecified atom stereocenters. The van der Waals surface area contributed by atoms with Gasteiger partial charge in [-0.05, 0) is 13.8 Å². The second kappa shape index (κ2) is 2.66. The molecule has 0 aromatic heterocycles. The summed E-state index contributed by atoms with van der Waals surface area (Å²) in [5, 5.41) is 11.1. The van der Waals surface area contributed by atoms with Crippen LogP contribution in [0.3, 0.4) is 0 Å². The fourth-order valence-corrected chi connectivity index (χ4v) is 6.41. The molecule has 114 valence electrons. The lowest BCUT2D eigenvalue weighted by molar-refractivity contribution is -0.218. The summed E-state index contributed by atoms with van der Waals surface area (Å²) in [5.41, 5.74) is -2.49. The molecule has 2 aliphatic carbocycles. The van der Waals surface area contributed by atoms with Crippen LogP contribution in [0.25, 0.3) is 0 Å². The topological polar surface area (TPSA) is 80.8 Å². The number of ether oxygens (including phenoxy) is 4. The van der Waals surface area contributed by atoms with Crippen LogP contribution in [0.15, 0.2) is 0 Å². The molecule has 4 aliphatic heterocycles. The maximum absolute atomic E-state index is 12.5. The Balaban J connectivity index is 1.69. The molecular formula is C15H18O6. The molecule has 6 nitrogen and oxygen atoms in total. The Hall–Kier alpha value is -0.690. The number of epoxide rings is 2. The number of esters is 1. The highest BCUT2D eigenvalue weighted by atomic mass is 16.7. The normalized spacial score (nSPS) is 70.6. The Morgan fingerprint density at radius 2 is 1.95 bits per heavy atom. The van der Waals surface area contributed by atoms with Crippen molar-refractivity contribution >= 4 is 5.97 Å². The van der Waals surface area contributed by atoms with E-state index in [1.165, 1.54) is 0 Å². The molecule has 6 aliphatic rings. The molecule has 6 heteroatoms. The van der Waals surface area contributed by atoms with Crippen LogP contribution in [0, 0.1) is 17.3 Å². The van der Waals surface area contributed by atoms with E-state index in [2.05, 4.69) is 0 Å². The predicted molar refractivity (Wildman–Crippen MR) is 66.2 cm³/mol. The van der Waals surface area contributed by atoms with Gasteiger partial charge in [-0.3, -0.25) is 4.79 Å². The summed E-state index contributed by atoms with van der Waals surface area (Å²) in [4.78, 5) is 12.5. The average molecular weight is 294 g/mol. The molecular weight excluding hydrogens is 276 g/mol. The summed E-state index contributed by atoms with van der Waals surface area (Å²) in [6.45, 7) is 6.54. The highest BCUT2D eigenvalue weighted by molar-refractivity contribution is 5.80. The van der Waals surface area contributed by atoms with Gasteiger partial charge in [-0.15, -0.1) is 0 Å². The molecule has 4 heterocycles. The zero-order valence-electron chi connectivity index (χ0n) is 12.2. The molecule has 0 aromatic rings. The van der Waals surface area contributed by atoms with Crippen LogP contribution in [0.4, 0.5) is 0 Å². The fourth-order valence-electron chi connectivity index (χ4n) is 6.41. The van der Waals surface area contributed by atoms with Gasteiger partial charge >= 0.3 is 5.97 Å². The molecule has 1 N–H and O–H groups in total. The second-order valence-corrected chi connectivity index (χ2v) is 8.21. The molecule has 0 amide bonds. The molecule has 21 heavy (non-hydrogen) atoms. The van der Waals surface area contributed by atoms with E-state index in [1.807, 2.05) is 20.8 Å². The van der Waals surface area contributed by atoms with E-state index < -0.39 is 34.4 Å². The van der Waals surface area contributed by atoms with Crippen molar-refractivity contribution in [2.75, 3.05) is 6.61 Å². The van der Waals surface area contributed by atoms with Gasteiger partial charge in [-0.25, -0.2) is 0 Å². The first kappa shape index (κ1) is 11.8. The maximum atomic E-state index is 12.5. The second-order valence-electron chi connectivity index (χ2n) is 8.21. The maximum Gasteiger partial charge on any atom is 0.312 e. The Morgan fingerprint density at radius 3 is 2.62 bits per heavy atom. The predicted octanol–water partition coefficient (Wildman–Crippen LogP) is -0.377. The van der Waals surface area contributed by atoms with Crippen LogP contribution in [0.5, 0.6) is 0 Å². The first-order chi connectivity index (χ1) is 9.81. The number of fused-ring (bicyclic) bond motifs is 3.